The zero-order valence-electron chi connectivity index (χ0n) is 57.7. The van der Waals surface area contributed by atoms with Crippen molar-refractivity contribution in [1.29, 1.82) is 0 Å². The molecule has 2 unspecified atom stereocenters. The number of hydrogen-bond donors (Lipinski definition) is 4. The standard InChI is InChI=1S/C88H86N2O6Si2/c1-9-11-13-15-17-19-23-69-59-77(83(87(93)94)79(61-69)73-47-35-67(36-48-73)55-57-97(3,4)5)71-43-31-63(32-44-71)27-29-65-39-51-75(52-40-65)85(91)89-81-25-21-22-26-82(81)90-86(92)76-53-41-66(42-54-76)30-28-64-33-45-72(46-34-64)78-60-70(24-20-18-16-14-12-10-2)62-80(84(78)88(95)96)74-49-37-68(38-50-74)56-58-98(6,7)8/h31-54,59-62,81-82H,9-18,21-22,25-26H2,1-8H3,(H,89,91)(H,90,92)(H,93,94)(H,95,96). The molecule has 492 valence electrons. The summed E-state index contributed by atoms with van der Waals surface area (Å²) in [5.74, 6) is 30.3. The van der Waals surface area contributed by atoms with Gasteiger partial charge in [0.1, 0.15) is 16.1 Å². The van der Waals surface area contributed by atoms with E-state index in [1.807, 2.05) is 146 Å². The molecule has 0 aliphatic heterocycles. The fourth-order valence-electron chi connectivity index (χ4n) is 11.5. The minimum atomic E-state index is -1.59. The van der Waals surface area contributed by atoms with Crippen LogP contribution in [0.25, 0.3) is 44.5 Å². The monoisotopic (exact) mass is 1320 g/mol. The third-order valence-electron chi connectivity index (χ3n) is 16.8. The summed E-state index contributed by atoms with van der Waals surface area (Å²) in [5, 5.41) is 28.0. The van der Waals surface area contributed by atoms with Crippen molar-refractivity contribution in [2.45, 2.75) is 155 Å². The number of nitrogens with one attached hydrogen (secondary N) is 2. The van der Waals surface area contributed by atoms with E-state index in [0.29, 0.717) is 33.4 Å². The van der Waals surface area contributed by atoms with Crippen LogP contribution in [0.5, 0.6) is 0 Å². The van der Waals surface area contributed by atoms with Crippen molar-refractivity contribution in [2.24, 2.45) is 0 Å². The van der Waals surface area contributed by atoms with Gasteiger partial charge in [0, 0.05) is 80.6 Å². The van der Waals surface area contributed by atoms with Crippen LogP contribution < -0.4 is 10.6 Å². The molecule has 0 saturated heterocycles. The molecule has 9 rings (SSSR count). The van der Waals surface area contributed by atoms with Crippen molar-refractivity contribution < 1.29 is 29.4 Å². The van der Waals surface area contributed by atoms with Crippen molar-refractivity contribution in [3.05, 3.63) is 237 Å². The Hall–Kier alpha value is -10.6. The highest BCUT2D eigenvalue weighted by Crippen LogP contribution is 2.37. The van der Waals surface area contributed by atoms with Gasteiger partial charge in [-0.1, -0.05) is 212 Å². The first kappa shape index (κ1) is 71.7. The summed E-state index contributed by atoms with van der Waals surface area (Å²) >= 11 is 0. The van der Waals surface area contributed by atoms with Crippen molar-refractivity contribution in [2.75, 3.05) is 0 Å². The number of carbonyl (C=O) groups excluding carboxylic acids is 2. The number of aromatic carboxylic acids is 2. The first-order valence-electron chi connectivity index (χ1n) is 34.3. The van der Waals surface area contributed by atoms with Crippen molar-refractivity contribution >= 4 is 39.9 Å². The van der Waals surface area contributed by atoms with Gasteiger partial charge in [-0.25, -0.2) is 9.59 Å². The van der Waals surface area contributed by atoms with Gasteiger partial charge in [0.2, 0.25) is 0 Å². The summed E-state index contributed by atoms with van der Waals surface area (Å²) in [7, 11) is -3.18. The van der Waals surface area contributed by atoms with Crippen LogP contribution in [0.2, 0.25) is 39.3 Å². The molecule has 1 aliphatic rings. The Bertz CT molecular complexity index is 4300. The maximum absolute atomic E-state index is 13.8. The molecule has 98 heavy (non-hydrogen) atoms. The zero-order chi connectivity index (χ0) is 69.6. The smallest absolute Gasteiger partial charge is 0.336 e. The van der Waals surface area contributed by atoms with Gasteiger partial charge in [0.05, 0.1) is 11.1 Å². The molecular formula is C88H86N2O6Si2. The lowest BCUT2D eigenvalue weighted by Gasteiger charge is -2.33. The van der Waals surface area contributed by atoms with Crippen LogP contribution in [0, 0.1) is 70.3 Å². The Kier molecular flexibility index (Phi) is 25.2. The normalized spacial score (nSPS) is 13.1. The molecule has 2 atom stereocenters. The molecule has 0 aromatic heterocycles. The van der Waals surface area contributed by atoms with Gasteiger partial charge in [0.15, 0.2) is 0 Å². The van der Waals surface area contributed by atoms with Crippen LogP contribution >= 0.6 is 0 Å². The second kappa shape index (κ2) is 34.4. The molecule has 1 saturated carbocycles. The van der Waals surface area contributed by atoms with E-state index < -0.39 is 28.1 Å². The number of hydrogen-bond acceptors (Lipinski definition) is 4. The van der Waals surface area contributed by atoms with Crippen LogP contribution in [0.1, 0.15) is 190 Å². The Balaban J connectivity index is 0.832. The van der Waals surface area contributed by atoms with Crippen LogP contribution in [-0.2, 0) is 0 Å². The molecule has 8 aromatic carbocycles. The molecule has 0 radical (unpaired) electrons. The maximum Gasteiger partial charge on any atom is 0.336 e. The van der Waals surface area contributed by atoms with Gasteiger partial charge in [-0.3, -0.25) is 9.59 Å². The summed E-state index contributed by atoms with van der Waals surface area (Å²) in [4.78, 5) is 53.9. The van der Waals surface area contributed by atoms with Gasteiger partial charge >= 0.3 is 11.9 Å². The number of benzene rings is 8. The predicted octanol–water partition coefficient (Wildman–Crippen LogP) is 19.1. The van der Waals surface area contributed by atoms with E-state index in [2.05, 4.69) is 134 Å². The van der Waals surface area contributed by atoms with E-state index in [-0.39, 0.29) is 35.0 Å². The van der Waals surface area contributed by atoms with Crippen LogP contribution in [0.4, 0.5) is 0 Å². The first-order chi connectivity index (χ1) is 47.2. The van der Waals surface area contributed by atoms with Crippen molar-refractivity contribution in [3.8, 4) is 115 Å². The predicted molar refractivity (Wildman–Crippen MR) is 406 cm³/mol. The van der Waals surface area contributed by atoms with Crippen molar-refractivity contribution in [3.63, 3.8) is 0 Å². The molecule has 0 spiro atoms. The zero-order valence-corrected chi connectivity index (χ0v) is 59.7. The number of rotatable bonds is 18. The Morgan fingerprint density at radius 2 is 0.643 bits per heavy atom. The van der Waals surface area contributed by atoms with E-state index in [0.717, 1.165) is 144 Å². The molecule has 8 nitrogen and oxygen atoms in total. The third-order valence-corrected chi connectivity index (χ3v) is 18.6. The second-order valence-corrected chi connectivity index (χ2v) is 36.6. The highest BCUT2D eigenvalue weighted by molar-refractivity contribution is 6.84. The molecule has 0 heterocycles. The highest BCUT2D eigenvalue weighted by Gasteiger charge is 2.29. The summed E-state index contributed by atoms with van der Waals surface area (Å²) in [5.41, 5.74) is 19.7. The van der Waals surface area contributed by atoms with E-state index in [9.17, 15) is 29.4 Å². The molecule has 10 heteroatoms. The highest BCUT2D eigenvalue weighted by atomic mass is 28.3. The Labute approximate surface area is 583 Å². The van der Waals surface area contributed by atoms with Crippen molar-refractivity contribution in [1.82, 2.24) is 10.6 Å². The molecule has 1 fully saturated rings. The summed E-state index contributed by atoms with van der Waals surface area (Å²) in [6.45, 7) is 17.6. The third kappa shape index (κ3) is 21.0. The fraction of sp³-hybridized carbons (Fsp3) is 0.273. The summed E-state index contributed by atoms with van der Waals surface area (Å²) in [6.07, 6.45) is 13.8. The molecular weight excluding hydrogens is 1240 g/mol. The molecule has 0 bridgehead atoms. The molecule has 4 N–H and O–H groups in total. The number of unbranched alkanes of at least 4 members (excludes halogenated alkanes) is 8. The minimum Gasteiger partial charge on any atom is -0.478 e. The van der Waals surface area contributed by atoms with Crippen LogP contribution in [-0.4, -0.2) is 62.2 Å². The summed E-state index contributed by atoms with van der Waals surface area (Å²) in [6, 6.07) is 52.0. The lowest BCUT2D eigenvalue weighted by molar-refractivity contribution is 0.0687. The van der Waals surface area contributed by atoms with Gasteiger partial charge in [-0.2, -0.15) is 0 Å². The average molecular weight is 1320 g/mol. The fourth-order valence-corrected chi connectivity index (χ4v) is 12.6. The molecule has 8 aromatic rings. The quantitative estimate of drug-likeness (QED) is 0.0384. The number of carboxylic acids is 2. The number of carboxylic acid groups (broad SMARTS) is 2. The SMILES string of the molecule is CCCCCCC#Cc1cc(-c2ccc(C#Cc3ccc(C(=O)NC4CCCCC4NC(=O)c4ccc(C#Cc5ccc(-c6cc(C#CCCCCCC)cc(-c7ccc(C#C[Si](C)(C)C)cc7)c6C(=O)O)cc5)cc4)cc3)cc2)c(C(=O)O)c(-c2ccc(C#C[Si](C)(C)C)cc2)c1. The van der Waals surface area contributed by atoms with Crippen LogP contribution in [0.3, 0.4) is 0 Å². The van der Waals surface area contributed by atoms with Gasteiger partial charge in [-0.15, -0.1) is 11.1 Å². The van der Waals surface area contributed by atoms with E-state index in [1.165, 1.54) is 12.8 Å². The second-order valence-electron chi connectivity index (χ2n) is 27.1. The van der Waals surface area contributed by atoms with E-state index in [4.69, 9.17) is 0 Å². The molecule has 1 aliphatic carbocycles. The maximum atomic E-state index is 13.8. The van der Waals surface area contributed by atoms with Gasteiger partial charge < -0.3 is 20.8 Å². The first-order valence-corrected chi connectivity index (χ1v) is 41.3. The minimum absolute atomic E-state index is 0.198. The lowest BCUT2D eigenvalue weighted by Crippen LogP contribution is -2.53. The Morgan fingerprint density at radius 3 is 0.908 bits per heavy atom. The lowest BCUT2D eigenvalue weighted by atomic mass is 9.89. The summed E-state index contributed by atoms with van der Waals surface area (Å²) < 4.78 is 0. The van der Waals surface area contributed by atoms with E-state index in [1.54, 1.807) is 24.3 Å². The van der Waals surface area contributed by atoms with Gasteiger partial charge in [-0.05, 0) is 192 Å². The number of carbonyl (C=O) groups is 4. The molecule has 2 amide bonds. The number of amides is 2. The average Bonchev–Trinajstić information content (AvgIpc) is 0.783. The van der Waals surface area contributed by atoms with E-state index >= 15 is 0 Å². The topological polar surface area (TPSA) is 133 Å². The van der Waals surface area contributed by atoms with Gasteiger partial charge in [0.25, 0.3) is 11.8 Å². The Morgan fingerprint density at radius 1 is 0.367 bits per heavy atom. The largest absolute Gasteiger partial charge is 0.478 e. The van der Waals surface area contributed by atoms with Crippen LogP contribution in [0.15, 0.2) is 170 Å².